The number of nitrogens with one attached hydrogen (secondary N) is 4. The van der Waals surface area contributed by atoms with E-state index >= 15 is 0 Å². The van der Waals surface area contributed by atoms with E-state index in [9.17, 15) is 33.6 Å². The summed E-state index contributed by atoms with van der Waals surface area (Å²) in [5, 5.41) is 10.7. The van der Waals surface area contributed by atoms with Crippen LogP contribution in [0.25, 0.3) is 0 Å². The van der Waals surface area contributed by atoms with Crippen molar-refractivity contribution in [2.24, 2.45) is 11.5 Å². The number of imide groups is 1. The average molecular weight is 736 g/mol. The lowest BCUT2D eigenvalue weighted by molar-refractivity contribution is -0.145. The first-order valence-corrected chi connectivity index (χ1v) is 19.7. The third-order valence-electron chi connectivity index (χ3n) is 5.97. The molecule has 47 heavy (non-hydrogen) atoms. The molecule has 1 aliphatic heterocycles. The van der Waals surface area contributed by atoms with Crippen molar-refractivity contribution in [1.29, 1.82) is 0 Å². The Morgan fingerprint density at radius 2 is 1.26 bits per heavy atom. The van der Waals surface area contributed by atoms with Gasteiger partial charge in [0, 0.05) is 53.2 Å². The van der Waals surface area contributed by atoms with Gasteiger partial charge in [0.05, 0.1) is 0 Å². The molecule has 0 spiro atoms. The Labute approximate surface area is 292 Å². The van der Waals surface area contributed by atoms with E-state index in [2.05, 4.69) is 21.3 Å². The summed E-state index contributed by atoms with van der Waals surface area (Å²) in [5.74, 6) is -3.70. The lowest BCUT2D eigenvalue weighted by atomic mass is 10.1. The van der Waals surface area contributed by atoms with E-state index in [1.807, 2.05) is 41.5 Å². The van der Waals surface area contributed by atoms with Crippen LogP contribution < -0.4 is 32.7 Å². The third-order valence-corrected chi connectivity index (χ3v) is 12.7. The molecule has 0 radical (unpaired) electrons. The van der Waals surface area contributed by atoms with Crippen molar-refractivity contribution < 1.29 is 33.6 Å². The van der Waals surface area contributed by atoms with Gasteiger partial charge in [-0.3, -0.25) is 38.5 Å². The minimum absolute atomic E-state index is 0.0899. The fourth-order valence-electron chi connectivity index (χ4n) is 3.85. The molecule has 18 heteroatoms. The van der Waals surface area contributed by atoms with Crippen LogP contribution in [-0.2, 0) is 33.6 Å². The van der Waals surface area contributed by atoms with Gasteiger partial charge >= 0.3 is 0 Å². The second kappa shape index (κ2) is 20.2. The Morgan fingerprint density at radius 1 is 0.766 bits per heavy atom. The van der Waals surface area contributed by atoms with E-state index in [4.69, 9.17) is 11.5 Å². The summed E-state index contributed by atoms with van der Waals surface area (Å²) < 4.78 is -0.182. The van der Waals surface area contributed by atoms with Crippen molar-refractivity contribution in [3.05, 3.63) is 12.2 Å². The van der Waals surface area contributed by atoms with Gasteiger partial charge in [-0.1, -0.05) is 84.7 Å². The van der Waals surface area contributed by atoms with Crippen LogP contribution in [0.4, 0.5) is 0 Å². The van der Waals surface area contributed by atoms with Crippen LogP contribution in [0.1, 0.15) is 67.7 Å². The maximum atomic E-state index is 13.4. The highest BCUT2D eigenvalue weighted by molar-refractivity contribution is 8.77. The average Bonchev–Trinajstić information content (AvgIpc) is 3.27. The topological polar surface area (TPSA) is 223 Å². The molecule has 1 heterocycles. The van der Waals surface area contributed by atoms with E-state index < -0.39 is 65.5 Å². The van der Waals surface area contributed by atoms with Crippen LogP contribution in [0.3, 0.4) is 0 Å². The first-order chi connectivity index (χ1) is 21.8. The maximum Gasteiger partial charge on any atom is 0.254 e. The quantitative estimate of drug-likeness (QED) is 0.0582. The number of amides is 7. The molecule has 1 rings (SSSR count). The Hall–Kier alpha value is -2.41. The summed E-state index contributed by atoms with van der Waals surface area (Å²) >= 11 is 0. The van der Waals surface area contributed by atoms with E-state index in [1.165, 1.54) is 39.3 Å². The number of carbonyl (C=O) groups is 7. The summed E-state index contributed by atoms with van der Waals surface area (Å²) in [4.78, 5) is 88.3. The van der Waals surface area contributed by atoms with Gasteiger partial charge in [0.1, 0.15) is 24.2 Å². The number of carbonyl (C=O) groups excluding carboxylic acids is 7. The Balaban J connectivity index is 2.96. The van der Waals surface area contributed by atoms with Crippen molar-refractivity contribution in [1.82, 2.24) is 26.2 Å². The standard InChI is InChI=1S/C29H49N7O7S4/c1-17(37)33-20(16-45-47-29(5,6)7)26(42)34-18(25(41)35-19(24(31)40)15-44-46-28(2,3)4)10-8-9-13-32-27(43)21(14-30)36-22(38)11-12-23(36)39/h11-12,18-21H,8-10,13-16,30H2,1-7H3,(H2,31,40)(H,32,43)(H,33,37)(H,34,42)(H,35,41)/t18-,19-,20-,21-/m0/s1. The van der Waals surface area contributed by atoms with Gasteiger partial charge in [-0.2, -0.15) is 0 Å². The van der Waals surface area contributed by atoms with Gasteiger partial charge < -0.3 is 32.7 Å². The van der Waals surface area contributed by atoms with Crippen LogP contribution in [0.2, 0.25) is 0 Å². The van der Waals surface area contributed by atoms with Gasteiger partial charge in [0.15, 0.2) is 0 Å². The molecule has 266 valence electrons. The van der Waals surface area contributed by atoms with E-state index in [0.29, 0.717) is 12.8 Å². The van der Waals surface area contributed by atoms with Gasteiger partial charge in [-0.25, -0.2) is 0 Å². The van der Waals surface area contributed by atoms with Crippen molar-refractivity contribution >= 4 is 84.5 Å². The molecule has 0 aromatic heterocycles. The number of hydrogen-bond acceptors (Lipinski definition) is 12. The number of primary amides is 1. The second-order valence-corrected chi connectivity index (χ2v) is 19.0. The summed E-state index contributed by atoms with van der Waals surface area (Å²) in [6.45, 7) is 13.3. The minimum Gasteiger partial charge on any atom is -0.368 e. The number of nitrogens with zero attached hydrogens (tertiary/aromatic N) is 1. The normalized spacial score (nSPS) is 15.9. The van der Waals surface area contributed by atoms with E-state index in [0.717, 1.165) is 17.1 Å². The highest BCUT2D eigenvalue weighted by atomic mass is 33.1. The predicted molar refractivity (Wildman–Crippen MR) is 191 cm³/mol. The first kappa shape index (κ1) is 42.6. The van der Waals surface area contributed by atoms with Gasteiger partial charge in [0.25, 0.3) is 11.8 Å². The molecule has 0 bridgehead atoms. The fraction of sp³-hybridized carbons (Fsp3) is 0.690. The number of nitrogens with two attached hydrogens (primary N) is 2. The zero-order chi connectivity index (χ0) is 35.9. The van der Waals surface area contributed by atoms with Crippen LogP contribution in [-0.4, -0.2) is 105 Å². The van der Waals surface area contributed by atoms with Crippen LogP contribution in [0.5, 0.6) is 0 Å². The predicted octanol–water partition coefficient (Wildman–Crippen LogP) is 0.845. The van der Waals surface area contributed by atoms with Gasteiger partial charge in [-0.15, -0.1) is 0 Å². The number of hydrogen-bond donors (Lipinski definition) is 6. The van der Waals surface area contributed by atoms with E-state index in [-0.39, 0.29) is 40.5 Å². The lowest BCUT2D eigenvalue weighted by Gasteiger charge is -2.25. The van der Waals surface area contributed by atoms with Crippen molar-refractivity contribution in [2.75, 3.05) is 24.6 Å². The Kier molecular flexibility index (Phi) is 18.3. The van der Waals surface area contributed by atoms with Crippen LogP contribution >= 0.6 is 43.2 Å². The summed E-state index contributed by atoms with van der Waals surface area (Å²) in [6, 6.07) is -4.17. The lowest BCUT2D eigenvalue weighted by Crippen LogP contribution is -2.57. The highest BCUT2D eigenvalue weighted by Gasteiger charge is 2.35. The van der Waals surface area contributed by atoms with Crippen molar-refractivity contribution in [3.8, 4) is 0 Å². The molecule has 0 fully saturated rings. The molecule has 14 nitrogen and oxygen atoms in total. The van der Waals surface area contributed by atoms with Gasteiger partial charge in [0.2, 0.25) is 29.5 Å². The summed E-state index contributed by atoms with van der Waals surface area (Å²) in [7, 11) is 5.89. The van der Waals surface area contributed by atoms with Crippen molar-refractivity contribution in [3.63, 3.8) is 0 Å². The van der Waals surface area contributed by atoms with Crippen molar-refractivity contribution in [2.45, 2.75) is 101 Å². The number of rotatable bonds is 20. The summed E-state index contributed by atoms with van der Waals surface area (Å²) in [5.41, 5.74) is 11.2. The number of unbranched alkanes of at least 4 members (excludes halogenated alkanes) is 1. The molecule has 0 unspecified atom stereocenters. The minimum atomic E-state index is -1.16. The molecule has 0 saturated carbocycles. The van der Waals surface area contributed by atoms with Crippen LogP contribution in [0.15, 0.2) is 12.2 Å². The Bertz CT molecular complexity index is 1160. The second-order valence-electron chi connectivity index (χ2n) is 12.7. The van der Waals surface area contributed by atoms with Gasteiger partial charge in [-0.05, 0) is 19.3 Å². The molecule has 0 saturated heterocycles. The molecule has 8 N–H and O–H groups in total. The molecule has 0 aromatic carbocycles. The largest absolute Gasteiger partial charge is 0.368 e. The molecule has 1 aliphatic rings. The highest BCUT2D eigenvalue weighted by Crippen LogP contribution is 2.36. The Morgan fingerprint density at radius 3 is 1.72 bits per heavy atom. The monoisotopic (exact) mass is 735 g/mol. The molecular weight excluding hydrogens is 687 g/mol. The SMILES string of the molecule is CC(=O)N[C@@H](CSSC(C)(C)C)C(=O)N[C@@H](CCCCNC(=O)[C@H](CN)N1C(=O)C=CC1=O)C(=O)N[C@@H](CSSC(C)(C)C)C(N)=O. The molecular formula is C29H49N7O7S4. The summed E-state index contributed by atoms with van der Waals surface area (Å²) in [6.07, 6.45) is 2.99. The van der Waals surface area contributed by atoms with Crippen LogP contribution in [0, 0.1) is 0 Å². The third kappa shape index (κ3) is 17.0. The molecule has 0 aromatic rings. The van der Waals surface area contributed by atoms with E-state index in [1.54, 1.807) is 10.8 Å². The zero-order valence-corrected chi connectivity index (χ0v) is 31.3. The fourth-order valence-corrected chi connectivity index (χ4v) is 8.79. The molecule has 4 atom stereocenters. The molecule has 7 amide bonds. The smallest absolute Gasteiger partial charge is 0.254 e. The molecule has 0 aliphatic carbocycles. The first-order valence-electron chi connectivity index (χ1n) is 15.1. The zero-order valence-electron chi connectivity index (χ0n) is 28.0. The maximum absolute atomic E-state index is 13.4.